The highest BCUT2D eigenvalue weighted by Gasteiger charge is 2.50. The molecule has 0 saturated heterocycles. The number of aromatic nitrogens is 2. The second kappa shape index (κ2) is 9.17. The first kappa shape index (κ1) is 23.3. The van der Waals surface area contributed by atoms with E-state index in [0.29, 0.717) is 10.7 Å². The van der Waals surface area contributed by atoms with Gasteiger partial charge in [-0.25, -0.2) is 4.79 Å². The first-order valence-electron chi connectivity index (χ1n) is 11.4. The first-order valence-corrected chi connectivity index (χ1v) is 11.8. The zero-order chi connectivity index (χ0) is 23.8. The molecule has 2 aromatic rings. The number of rotatable bonds is 5. The van der Waals surface area contributed by atoms with Gasteiger partial charge in [0.15, 0.2) is 5.69 Å². The minimum absolute atomic E-state index is 0.0416. The van der Waals surface area contributed by atoms with Gasteiger partial charge in [-0.3, -0.25) is 19.2 Å². The monoisotopic (exact) mass is 472 g/mol. The van der Waals surface area contributed by atoms with E-state index in [1.165, 1.54) is 22.1 Å². The standard InChI is InChI=1S/C24H29ClN4O4/c1-4-33-22(31)18-13-20-21(30)29(19-12-16(25)11-10-15(19)2)24(3,14-28(20)27-18)23(32)26-17-8-6-5-7-9-17/h10-13,17H,4-9,14H2,1-3H3,(H,26,32)/t24-/m0/s1. The van der Waals surface area contributed by atoms with Crippen LogP contribution in [0.25, 0.3) is 0 Å². The molecule has 4 rings (SSSR count). The van der Waals surface area contributed by atoms with Crippen molar-refractivity contribution in [2.75, 3.05) is 11.5 Å². The molecule has 8 nitrogen and oxygen atoms in total. The molecule has 1 aliphatic carbocycles. The van der Waals surface area contributed by atoms with Crippen molar-refractivity contribution >= 4 is 35.1 Å². The quantitative estimate of drug-likeness (QED) is 0.666. The van der Waals surface area contributed by atoms with Gasteiger partial charge in [-0.2, -0.15) is 5.10 Å². The Hall–Kier alpha value is -2.87. The third-order valence-electron chi connectivity index (χ3n) is 6.48. The van der Waals surface area contributed by atoms with E-state index < -0.39 is 17.4 Å². The number of benzene rings is 1. The van der Waals surface area contributed by atoms with Gasteiger partial charge < -0.3 is 10.1 Å². The zero-order valence-electron chi connectivity index (χ0n) is 19.2. The summed E-state index contributed by atoms with van der Waals surface area (Å²) in [5.41, 5.74) is 0.358. The smallest absolute Gasteiger partial charge is 0.358 e. The molecule has 1 aromatic heterocycles. The molecule has 2 amide bonds. The Balaban J connectivity index is 1.78. The molecule has 176 valence electrons. The zero-order valence-corrected chi connectivity index (χ0v) is 19.9. The van der Waals surface area contributed by atoms with E-state index >= 15 is 0 Å². The number of esters is 1. The maximum Gasteiger partial charge on any atom is 0.358 e. The summed E-state index contributed by atoms with van der Waals surface area (Å²) in [6.45, 7) is 5.60. The second-order valence-corrected chi connectivity index (χ2v) is 9.38. The molecule has 1 N–H and O–H groups in total. The average molecular weight is 473 g/mol. The number of amides is 2. The lowest BCUT2D eigenvalue weighted by Gasteiger charge is -2.44. The minimum atomic E-state index is -1.27. The molecule has 0 radical (unpaired) electrons. The summed E-state index contributed by atoms with van der Waals surface area (Å²) in [6.07, 6.45) is 5.16. The fourth-order valence-corrected chi connectivity index (χ4v) is 4.84. The van der Waals surface area contributed by atoms with Crippen molar-refractivity contribution in [1.29, 1.82) is 0 Å². The highest BCUT2D eigenvalue weighted by atomic mass is 35.5. The summed E-state index contributed by atoms with van der Waals surface area (Å²) in [4.78, 5) is 41.2. The number of nitrogens with one attached hydrogen (secondary N) is 1. The molecule has 0 unspecified atom stereocenters. The molecule has 2 aliphatic rings. The number of hydrogen-bond donors (Lipinski definition) is 1. The largest absolute Gasteiger partial charge is 0.461 e. The number of nitrogens with zero attached hydrogens (tertiary/aromatic N) is 3. The summed E-state index contributed by atoms with van der Waals surface area (Å²) in [5.74, 6) is -1.28. The summed E-state index contributed by atoms with van der Waals surface area (Å²) < 4.78 is 6.49. The Bertz CT molecular complexity index is 1090. The van der Waals surface area contributed by atoms with Crippen molar-refractivity contribution in [2.45, 2.75) is 71.0 Å². The molecule has 2 heterocycles. The Kier molecular flexibility index (Phi) is 6.47. The van der Waals surface area contributed by atoms with Crippen LogP contribution in [0.4, 0.5) is 5.69 Å². The molecule has 1 atom stereocenters. The van der Waals surface area contributed by atoms with Crippen molar-refractivity contribution in [2.24, 2.45) is 0 Å². The maximum atomic E-state index is 13.8. The Morgan fingerprint density at radius 2 is 1.97 bits per heavy atom. The number of halogens is 1. The van der Waals surface area contributed by atoms with Gasteiger partial charge in [0.25, 0.3) is 5.91 Å². The number of carbonyl (C=O) groups excluding carboxylic acids is 3. The SMILES string of the molecule is CCOC(=O)c1cc2n(n1)C[C@@](C)(C(=O)NC1CCCCC1)N(c1cc(Cl)ccc1C)C2=O. The summed E-state index contributed by atoms with van der Waals surface area (Å²) in [5, 5.41) is 7.93. The fraction of sp³-hybridized carbons (Fsp3) is 0.500. The highest BCUT2D eigenvalue weighted by Crippen LogP contribution is 2.36. The molecule has 1 aliphatic heterocycles. The van der Waals surface area contributed by atoms with Gasteiger partial charge in [0, 0.05) is 22.8 Å². The van der Waals surface area contributed by atoms with E-state index in [2.05, 4.69) is 10.4 Å². The first-order chi connectivity index (χ1) is 15.7. The lowest BCUT2D eigenvalue weighted by Crippen LogP contribution is -2.65. The van der Waals surface area contributed by atoms with E-state index in [1.54, 1.807) is 26.0 Å². The van der Waals surface area contributed by atoms with Gasteiger partial charge in [0.1, 0.15) is 11.2 Å². The lowest BCUT2D eigenvalue weighted by molar-refractivity contribution is -0.127. The van der Waals surface area contributed by atoms with Crippen LogP contribution in [-0.4, -0.2) is 45.8 Å². The van der Waals surface area contributed by atoms with Crippen LogP contribution in [0.1, 0.15) is 72.5 Å². The van der Waals surface area contributed by atoms with Crippen LogP contribution in [0, 0.1) is 6.92 Å². The second-order valence-electron chi connectivity index (χ2n) is 8.95. The van der Waals surface area contributed by atoms with Crippen molar-refractivity contribution < 1.29 is 19.1 Å². The Morgan fingerprint density at radius 1 is 1.24 bits per heavy atom. The van der Waals surface area contributed by atoms with Crippen LogP contribution in [0.15, 0.2) is 24.3 Å². The lowest BCUT2D eigenvalue weighted by atomic mass is 9.90. The van der Waals surface area contributed by atoms with E-state index in [1.807, 2.05) is 13.0 Å². The van der Waals surface area contributed by atoms with Crippen LogP contribution in [-0.2, 0) is 16.1 Å². The molecule has 9 heteroatoms. The number of ether oxygens (including phenoxy) is 1. The average Bonchev–Trinajstić information content (AvgIpc) is 3.21. The molecule has 1 saturated carbocycles. The summed E-state index contributed by atoms with van der Waals surface area (Å²) in [7, 11) is 0. The molecule has 0 bridgehead atoms. The summed E-state index contributed by atoms with van der Waals surface area (Å²) in [6, 6.07) is 6.76. The third-order valence-corrected chi connectivity index (χ3v) is 6.71. The molecule has 1 aromatic carbocycles. The van der Waals surface area contributed by atoms with Gasteiger partial charge in [-0.1, -0.05) is 36.9 Å². The normalized spacial score (nSPS) is 21.0. The van der Waals surface area contributed by atoms with Crippen molar-refractivity contribution in [3.05, 3.63) is 46.2 Å². The minimum Gasteiger partial charge on any atom is -0.461 e. The van der Waals surface area contributed by atoms with Gasteiger partial charge in [0.05, 0.1) is 13.2 Å². The Morgan fingerprint density at radius 3 is 2.67 bits per heavy atom. The van der Waals surface area contributed by atoms with E-state index in [0.717, 1.165) is 31.2 Å². The predicted molar refractivity (Wildman–Crippen MR) is 125 cm³/mol. The molecule has 1 fully saturated rings. The Labute approximate surface area is 198 Å². The van der Waals surface area contributed by atoms with E-state index in [-0.39, 0.29) is 36.5 Å². The number of hydrogen-bond acceptors (Lipinski definition) is 5. The fourth-order valence-electron chi connectivity index (χ4n) is 4.68. The van der Waals surface area contributed by atoms with E-state index in [4.69, 9.17) is 16.3 Å². The van der Waals surface area contributed by atoms with Gasteiger partial charge in [-0.05, 0) is 51.3 Å². The van der Waals surface area contributed by atoms with Crippen LogP contribution in [0.2, 0.25) is 5.02 Å². The van der Waals surface area contributed by atoms with E-state index in [9.17, 15) is 14.4 Å². The maximum absolute atomic E-state index is 13.8. The predicted octanol–water partition coefficient (Wildman–Crippen LogP) is 3.89. The van der Waals surface area contributed by atoms with Crippen LogP contribution in [0.5, 0.6) is 0 Å². The van der Waals surface area contributed by atoms with Crippen LogP contribution < -0.4 is 10.2 Å². The van der Waals surface area contributed by atoms with Gasteiger partial charge in [-0.15, -0.1) is 0 Å². The van der Waals surface area contributed by atoms with Crippen molar-refractivity contribution in [3.63, 3.8) is 0 Å². The van der Waals surface area contributed by atoms with Gasteiger partial charge in [0.2, 0.25) is 5.91 Å². The number of anilines is 1. The number of carbonyl (C=O) groups is 3. The molecule has 33 heavy (non-hydrogen) atoms. The van der Waals surface area contributed by atoms with Crippen molar-refractivity contribution in [3.8, 4) is 0 Å². The number of aryl methyl sites for hydroxylation is 1. The molecular weight excluding hydrogens is 444 g/mol. The van der Waals surface area contributed by atoms with Gasteiger partial charge >= 0.3 is 5.97 Å². The molecular formula is C24H29ClN4O4. The van der Waals surface area contributed by atoms with Crippen LogP contribution >= 0.6 is 11.6 Å². The van der Waals surface area contributed by atoms with Crippen molar-refractivity contribution in [1.82, 2.24) is 15.1 Å². The van der Waals surface area contributed by atoms with Crippen LogP contribution in [0.3, 0.4) is 0 Å². The summed E-state index contributed by atoms with van der Waals surface area (Å²) >= 11 is 6.28. The topological polar surface area (TPSA) is 93.5 Å². The molecule has 0 spiro atoms. The highest BCUT2D eigenvalue weighted by molar-refractivity contribution is 6.31. The number of fused-ring (bicyclic) bond motifs is 1. The third kappa shape index (κ3) is 4.36.